The number of hydrogen-bond donors (Lipinski definition) is 1. The van der Waals surface area contributed by atoms with E-state index in [4.69, 9.17) is 0 Å². The zero-order valence-corrected chi connectivity index (χ0v) is 15.1. The van der Waals surface area contributed by atoms with Gasteiger partial charge in [0, 0.05) is 37.6 Å². The van der Waals surface area contributed by atoms with Crippen LogP contribution in [-0.4, -0.2) is 41.9 Å². The van der Waals surface area contributed by atoms with Crippen LogP contribution in [0.15, 0.2) is 35.5 Å². The summed E-state index contributed by atoms with van der Waals surface area (Å²) in [5, 5.41) is -0.0363. The Morgan fingerprint density at radius 1 is 1.21 bits per heavy atom. The van der Waals surface area contributed by atoms with Gasteiger partial charge in [-0.3, -0.25) is 9.52 Å². The topological polar surface area (TPSA) is 84.3 Å². The summed E-state index contributed by atoms with van der Waals surface area (Å²) in [5.41, 5.74) is 0.907. The Kier molecular flexibility index (Phi) is 5.28. The van der Waals surface area contributed by atoms with Gasteiger partial charge in [0.25, 0.3) is 15.9 Å². The standard InChI is InChI=1S/C16H22N4O3S/c1-5-20(6-2)16(21)13-7-9-14(10-8-13)18-24(22,23)15-11-19(4)12(3)17-15/h7-11,18H,5-6H2,1-4H3. The molecule has 1 amide bonds. The third kappa shape index (κ3) is 3.76. The average Bonchev–Trinajstić information content (AvgIpc) is 2.89. The van der Waals surface area contributed by atoms with Gasteiger partial charge in [0.2, 0.25) is 0 Å². The number of benzene rings is 1. The molecule has 130 valence electrons. The summed E-state index contributed by atoms with van der Waals surface area (Å²) in [4.78, 5) is 18.0. The van der Waals surface area contributed by atoms with Crippen LogP contribution < -0.4 is 4.72 Å². The smallest absolute Gasteiger partial charge is 0.280 e. The quantitative estimate of drug-likeness (QED) is 0.864. The van der Waals surface area contributed by atoms with E-state index >= 15 is 0 Å². The van der Waals surface area contributed by atoms with E-state index < -0.39 is 10.0 Å². The zero-order valence-electron chi connectivity index (χ0n) is 14.3. The van der Waals surface area contributed by atoms with Crippen molar-refractivity contribution in [2.45, 2.75) is 25.8 Å². The van der Waals surface area contributed by atoms with Gasteiger partial charge in [-0.15, -0.1) is 0 Å². The number of anilines is 1. The molecule has 8 heteroatoms. The van der Waals surface area contributed by atoms with Crippen LogP contribution in [0.4, 0.5) is 5.69 Å². The van der Waals surface area contributed by atoms with Crippen LogP contribution in [0.5, 0.6) is 0 Å². The first-order chi connectivity index (χ1) is 11.3. The normalized spacial score (nSPS) is 11.3. The van der Waals surface area contributed by atoms with Crippen LogP contribution in [0, 0.1) is 6.92 Å². The van der Waals surface area contributed by atoms with Crippen molar-refractivity contribution in [3.05, 3.63) is 41.9 Å². The second-order valence-electron chi connectivity index (χ2n) is 5.40. The molecule has 0 aliphatic heterocycles. The monoisotopic (exact) mass is 350 g/mol. The van der Waals surface area contributed by atoms with E-state index in [0.29, 0.717) is 30.2 Å². The Hall–Kier alpha value is -2.35. The van der Waals surface area contributed by atoms with Gasteiger partial charge in [0.05, 0.1) is 0 Å². The molecule has 0 saturated carbocycles. The first-order valence-corrected chi connectivity index (χ1v) is 9.19. The molecule has 0 aliphatic rings. The Bertz CT molecular complexity index is 802. The molecule has 0 aliphatic carbocycles. The molecule has 0 saturated heterocycles. The van der Waals surface area contributed by atoms with Crippen molar-refractivity contribution < 1.29 is 13.2 Å². The summed E-state index contributed by atoms with van der Waals surface area (Å²) in [6.45, 7) is 6.82. The van der Waals surface area contributed by atoms with Crippen LogP contribution in [0.25, 0.3) is 0 Å². The van der Waals surface area contributed by atoms with E-state index in [-0.39, 0.29) is 10.9 Å². The maximum Gasteiger partial charge on any atom is 0.280 e. The van der Waals surface area contributed by atoms with E-state index in [9.17, 15) is 13.2 Å². The van der Waals surface area contributed by atoms with Crippen molar-refractivity contribution in [2.75, 3.05) is 17.8 Å². The fourth-order valence-corrected chi connectivity index (χ4v) is 3.34. The highest BCUT2D eigenvalue weighted by molar-refractivity contribution is 7.92. The molecule has 2 aromatic rings. The predicted molar refractivity (Wildman–Crippen MR) is 92.4 cm³/mol. The molecule has 7 nitrogen and oxygen atoms in total. The molecular formula is C16H22N4O3S. The summed E-state index contributed by atoms with van der Waals surface area (Å²) >= 11 is 0. The number of sulfonamides is 1. The van der Waals surface area contributed by atoms with Gasteiger partial charge in [0.15, 0.2) is 5.03 Å². The van der Waals surface area contributed by atoms with Gasteiger partial charge in [-0.2, -0.15) is 8.42 Å². The van der Waals surface area contributed by atoms with Crippen LogP contribution in [0.2, 0.25) is 0 Å². The lowest BCUT2D eigenvalue weighted by atomic mass is 10.2. The molecule has 0 spiro atoms. The Labute approximate surface area is 142 Å². The van der Waals surface area contributed by atoms with Crippen molar-refractivity contribution in [3.63, 3.8) is 0 Å². The van der Waals surface area contributed by atoms with Crippen LogP contribution >= 0.6 is 0 Å². The van der Waals surface area contributed by atoms with E-state index in [1.54, 1.807) is 47.7 Å². The molecule has 0 radical (unpaired) electrons. The van der Waals surface area contributed by atoms with Gasteiger partial charge >= 0.3 is 0 Å². The lowest BCUT2D eigenvalue weighted by Gasteiger charge is -2.18. The lowest BCUT2D eigenvalue weighted by Crippen LogP contribution is -2.30. The van der Waals surface area contributed by atoms with Crippen molar-refractivity contribution in [1.82, 2.24) is 14.5 Å². The van der Waals surface area contributed by atoms with Crippen molar-refractivity contribution in [2.24, 2.45) is 7.05 Å². The minimum absolute atomic E-state index is 0.0363. The highest BCUT2D eigenvalue weighted by Gasteiger charge is 2.19. The van der Waals surface area contributed by atoms with E-state index in [1.165, 1.54) is 6.20 Å². The highest BCUT2D eigenvalue weighted by atomic mass is 32.2. The largest absolute Gasteiger partial charge is 0.339 e. The van der Waals surface area contributed by atoms with Gasteiger partial charge in [-0.1, -0.05) is 0 Å². The first kappa shape index (κ1) is 18.0. The van der Waals surface area contributed by atoms with Crippen LogP contribution in [-0.2, 0) is 17.1 Å². The number of imidazole rings is 1. The van der Waals surface area contributed by atoms with Crippen molar-refractivity contribution >= 4 is 21.6 Å². The van der Waals surface area contributed by atoms with Gasteiger partial charge in [-0.25, -0.2) is 4.98 Å². The number of rotatable bonds is 6. The van der Waals surface area contributed by atoms with Crippen molar-refractivity contribution in [3.8, 4) is 0 Å². The minimum Gasteiger partial charge on any atom is -0.339 e. The molecule has 0 fully saturated rings. The number of amides is 1. The molecule has 1 aromatic carbocycles. The molecule has 0 unspecified atom stereocenters. The molecular weight excluding hydrogens is 328 g/mol. The van der Waals surface area contributed by atoms with Gasteiger partial charge in [-0.05, 0) is 45.0 Å². The number of carbonyl (C=O) groups is 1. The van der Waals surface area contributed by atoms with Crippen LogP contribution in [0.1, 0.15) is 30.0 Å². The molecule has 2 rings (SSSR count). The number of aryl methyl sites for hydroxylation is 2. The molecule has 0 bridgehead atoms. The predicted octanol–water partition coefficient (Wildman–Crippen LogP) is 2.01. The Morgan fingerprint density at radius 2 is 1.79 bits per heavy atom. The Morgan fingerprint density at radius 3 is 2.25 bits per heavy atom. The minimum atomic E-state index is -3.75. The molecule has 0 atom stereocenters. The third-order valence-electron chi connectivity index (χ3n) is 3.80. The maximum atomic E-state index is 12.3. The number of hydrogen-bond acceptors (Lipinski definition) is 4. The summed E-state index contributed by atoms with van der Waals surface area (Å²) < 4.78 is 28.8. The SMILES string of the molecule is CCN(CC)C(=O)c1ccc(NS(=O)(=O)c2cn(C)c(C)n2)cc1. The third-order valence-corrected chi connectivity index (χ3v) is 5.05. The first-order valence-electron chi connectivity index (χ1n) is 7.70. The van der Waals surface area contributed by atoms with E-state index in [2.05, 4.69) is 9.71 Å². The van der Waals surface area contributed by atoms with Crippen LogP contribution in [0.3, 0.4) is 0 Å². The lowest BCUT2D eigenvalue weighted by molar-refractivity contribution is 0.0773. The number of nitrogens with zero attached hydrogens (tertiary/aromatic N) is 3. The Balaban J connectivity index is 2.18. The molecule has 1 heterocycles. The van der Waals surface area contributed by atoms with Crippen molar-refractivity contribution in [1.29, 1.82) is 0 Å². The van der Waals surface area contributed by atoms with Gasteiger partial charge < -0.3 is 9.47 Å². The fraction of sp³-hybridized carbons (Fsp3) is 0.375. The number of carbonyl (C=O) groups excluding carboxylic acids is 1. The highest BCUT2D eigenvalue weighted by Crippen LogP contribution is 2.17. The van der Waals surface area contributed by atoms with Gasteiger partial charge in [0.1, 0.15) is 5.82 Å². The second-order valence-corrected chi connectivity index (χ2v) is 7.03. The van der Waals surface area contributed by atoms with E-state index in [0.717, 1.165) is 0 Å². The molecule has 1 aromatic heterocycles. The average molecular weight is 350 g/mol. The van der Waals surface area contributed by atoms with E-state index in [1.807, 2.05) is 13.8 Å². The second kappa shape index (κ2) is 7.04. The summed E-state index contributed by atoms with van der Waals surface area (Å²) in [7, 11) is -2.02. The summed E-state index contributed by atoms with van der Waals surface area (Å²) in [6, 6.07) is 6.37. The summed E-state index contributed by atoms with van der Waals surface area (Å²) in [6.07, 6.45) is 1.45. The summed E-state index contributed by atoms with van der Waals surface area (Å²) in [5.74, 6) is 0.533. The zero-order chi connectivity index (χ0) is 17.9. The maximum absolute atomic E-state index is 12.3. The molecule has 1 N–H and O–H groups in total. The number of aromatic nitrogens is 2. The molecule has 24 heavy (non-hydrogen) atoms. The number of nitrogens with one attached hydrogen (secondary N) is 1. The fourth-order valence-electron chi connectivity index (χ4n) is 2.24.